The topological polar surface area (TPSA) is 184 Å². The molecule has 1 unspecified atom stereocenters. The fourth-order valence-electron chi connectivity index (χ4n) is 11.1. The molecule has 3 saturated heterocycles. The smallest absolute Gasteiger partial charge is 0.309 e. The summed E-state index contributed by atoms with van der Waals surface area (Å²) >= 11 is 0. The van der Waals surface area contributed by atoms with Crippen molar-refractivity contribution in [2.24, 2.45) is 29.6 Å². The van der Waals surface area contributed by atoms with E-state index in [0.29, 0.717) is 32.4 Å². The number of cyclic esters (lactones) is 1. The average molecular weight is 900 g/mol. The van der Waals surface area contributed by atoms with Crippen LogP contribution in [0.2, 0.25) is 0 Å². The molecular weight excluding hydrogens is 819 g/mol. The Morgan fingerprint density at radius 1 is 0.906 bits per heavy atom. The fourth-order valence-corrected chi connectivity index (χ4v) is 11.1. The number of carbonyl (C=O) groups is 1. The first-order chi connectivity index (χ1) is 29.9. The fraction of sp³-hybridized carbons (Fsp3) is 0.760. The number of hydrogen-bond acceptors (Lipinski definition) is 13. The van der Waals surface area contributed by atoms with Crippen LogP contribution in [-0.4, -0.2) is 151 Å². The van der Waals surface area contributed by atoms with Gasteiger partial charge in [0.05, 0.1) is 42.0 Å². The van der Waals surface area contributed by atoms with Crippen LogP contribution in [0.4, 0.5) is 0 Å². The number of hydrogen-bond donors (Lipinski definition) is 5. The van der Waals surface area contributed by atoms with E-state index >= 15 is 0 Å². The molecule has 64 heavy (non-hydrogen) atoms. The summed E-state index contributed by atoms with van der Waals surface area (Å²) in [5, 5.41) is 59.4. The predicted octanol–water partition coefficient (Wildman–Crippen LogP) is 4.48. The summed E-state index contributed by atoms with van der Waals surface area (Å²) in [6.07, 6.45) is -3.63. The third-order valence-electron chi connectivity index (χ3n) is 15.0. The van der Waals surface area contributed by atoms with E-state index < -0.39 is 90.0 Å². The van der Waals surface area contributed by atoms with E-state index in [4.69, 9.17) is 18.9 Å². The van der Waals surface area contributed by atoms with E-state index in [9.17, 15) is 35.1 Å². The highest BCUT2D eigenvalue weighted by molar-refractivity contribution is 5.73. The van der Waals surface area contributed by atoms with Crippen LogP contribution < -0.4 is 5.56 Å². The molecule has 0 aliphatic carbocycles. The number of esters is 1. The minimum Gasteiger partial charge on any atom is -0.459 e. The molecule has 3 fully saturated rings. The van der Waals surface area contributed by atoms with Crippen molar-refractivity contribution in [1.29, 1.82) is 0 Å². The normalized spacial score (nSPS) is 41.3. The number of rotatable bonds is 9. The maximum absolute atomic E-state index is 14.5. The van der Waals surface area contributed by atoms with E-state index in [1.54, 1.807) is 37.5 Å². The quantitative estimate of drug-likeness (QED) is 0.223. The zero-order valence-electron chi connectivity index (χ0n) is 40.8. The van der Waals surface area contributed by atoms with Crippen LogP contribution in [0.3, 0.4) is 0 Å². The van der Waals surface area contributed by atoms with Crippen molar-refractivity contribution in [3.63, 3.8) is 0 Å². The molecule has 3 aliphatic rings. The van der Waals surface area contributed by atoms with Gasteiger partial charge in [0, 0.05) is 49.0 Å². The lowest BCUT2D eigenvalue weighted by Crippen LogP contribution is -2.60. The Balaban J connectivity index is 1.46. The Morgan fingerprint density at radius 2 is 1.56 bits per heavy atom. The maximum atomic E-state index is 14.5. The van der Waals surface area contributed by atoms with E-state index in [1.165, 1.54) is 6.92 Å². The van der Waals surface area contributed by atoms with Gasteiger partial charge < -0.3 is 54.3 Å². The number of pyridine rings is 1. The maximum Gasteiger partial charge on any atom is 0.309 e. The summed E-state index contributed by atoms with van der Waals surface area (Å²) in [5.41, 5.74) is -0.552. The molecule has 362 valence electrons. The van der Waals surface area contributed by atoms with Gasteiger partial charge in [0.15, 0.2) is 6.29 Å². The molecule has 0 saturated carbocycles. The highest BCUT2D eigenvalue weighted by Crippen LogP contribution is 2.43. The predicted molar refractivity (Wildman–Crippen MR) is 246 cm³/mol. The summed E-state index contributed by atoms with van der Waals surface area (Å²) < 4.78 is 27.8. The highest BCUT2D eigenvalue weighted by atomic mass is 16.7. The molecule has 1 aromatic carbocycles. The van der Waals surface area contributed by atoms with Crippen molar-refractivity contribution in [3.05, 3.63) is 64.1 Å². The number of ether oxygens (including phenoxy) is 4. The van der Waals surface area contributed by atoms with Crippen molar-refractivity contribution in [1.82, 2.24) is 14.4 Å². The molecule has 1 aromatic heterocycles. The number of carbonyl (C=O) groups excluding carboxylic acids is 1. The largest absolute Gasteiger partial charge is 0.459 e. The van der Waals surface area contributed by atoms with Gasteiger partial charge >= 0.3 is 5.97 Å². The van der Waals surface area contributed by atoms with Gasteiger partial charge in [0.2, 0.25) is 0 Å². The third kappa shape index (κ3) is 11.8. The summed E-state index contributed by atoms with van der Waals surface area (Å²) in [7, 11) is 3.84. The Labute approximate surface area is 381 Å². The first-order valence-corrected chi connectivity index (χ1v) is 23.7. The number of aryl methyl sites for hydroxylation is 1. The SMILES string of the molecule is CC[C@H]1OC(=O)[C@H](C)C([C@H]2C[C@H](C)[C@@H](O)[C@H](C)O2)[C@H](C)[C@@H](O[C@@H]2O[C@H](C)C[C@H](N(C)CCc3ccc(-n4cc(C)ccc4=O)cc3)[C@H]2O)[C@](C)(O)C[C@@H](C)CN(C)[C@H](C)[C@@H](O)[C@]1(C)O. The van der Waals surface area contributed by atoms with E-state index in [-0.39, 0.29) is 42.4 Å². The standard InChI is InChI=1S/C50H81N3O11/c1-14-40-50(11,60)45(57)34(8)52(13)26-29(3)25-49(10,59)46(32(6)42(33(7)47(58)63-40)39-23-30(4)43(55)35(9)62-39)64-48-44(56)38(24-31(5)61-48)51(12)22-21-36-16-18-37(19-17-36)53-27-28(2)15-20-41(53)54/h15-20,27,29-35,38-40,42-46,48,55-57,59-60H,14,21-26H2,1-13H3/t29-,30+,31-,32+,33-,34-,35+,38+,39-,40-,42?,43-,44-,45-,46-,48+,49-,50-/m1/s1. The lowest BCUT2D eigenvalue weighted by molar-refractivity contribution is -0.301. The van der Waals surface area contributed by atoms with Crippen LogP contribution in [0.25, 0.3) is 5.69 Å². The minimum absolute atomic E-state index is 0.0947. The summed E-state index contributed by atoms with van der Waals surface area (Å²) in [6, 6.07) is 10.4. The van der Waals surface area contributed by atoms with Crippen molar-refractivity contribution < 1.29 is 49.3 Å². The van der Waals surface area contributed by atoms with E-state index in [0.717, 1.165) is 16.8 Å². The van der Waals surface area contributed by atoms with Crippen molar-refractivity contribution >= 4 is 5.97 Å². The summed E-state index contributed by atoms with van der Waals surface area (Å²) in [5.74, 6) is -2.95. The Bertz CT molecular complexity index is 1860. The van der Waals surface area contributed by atoms with Gasteiger partial charge in [-0.15, -0.1) is 0 Å². The van der Waals surface area contributed by atoms with Crippen LogP contribution in [0, 0.1) is 36.5 Å². The van der Waals surface area contributed by atoms with Gasteiger partial charge in [-0.1, -0.05) is 52.8 Å². The lowest BCUT2D eigenvalue weighted by Gasteiger charge is -2.50. The summed E-state index contributed by atoms with van der Waals surface area (Å²) in [4.78, 5) is 31.0. The Morgan fingerprint density at radius 3 is 2.19 bits per heavy atom. The number of benzene rings is 1. The second-order valence-corrected chi connectivity index (χ2v) is 20.6. The van der Waals surface area contributed by atoms with Crippen LogP contribution in [0.15, 0.2) is 47.4 Å². The minimum atomic E-state index is -1.78. The molecule has 14 heteroatoms. The van der Waals surface area contributed by atoms with Gasteiger partial charge in [-0.3, -0.25) is 14.2 Å². The number of likely N-dealkylation sites (N-methyl/N-ethyl adjacent to an activating group) is 2. The molecule has 14 nitrogen and oxygen atoms in total. The molecule has 5 N–H and O–H groups in total. The summed E-state index contributed by atoms with van der Waals surface area (Å²) in [6.45, 7) is 21.3. The molecule has 4 heterocycles. The van der Waals surface area contributed by atoms with Gasteiger partial charge in [-0.05, 0) is 129 Å². The van der Waals surface area contributed by atoms with Crippen LogP contribution >= 0.6 is 0 Å². The third-order valence-corrected chi connectivity index (χ3v) is 15.0. The first kappa shape index (κ1) is 52.2. The van der Waals surface area contributed by atoms with Gasteiger partial charge in [0.1, 0.15) is 23.9 Å². The zero-order valence-corrected chi connectivity index (χ0v) is 40.8. The molecule has 0 radical (unpaired) electrons. The molecule has 0 amide bonds. The number of aliphatic hydroxyl groups is 5. The van der Waals surface area contributed by atoms with E-state index in [2.05, 4.69) is 4.90 Å². The van der Waals surface area contributed by atoms with E-state index in [1.807, 2.05) is 97.9 Å². The molecule has 3 aliphatic heterocycles. The van der Waals surface area contributed by atoms with Crippen molar-refractivity contribution in [2.45, 2.75) is 187 Å². The number of aromatic nitrogens is 1. The average Bonchev–Trinajstić information content (AvgIpc) is 3.23. The monoisotopic (exact) mass is 900 g/mol. The molecule has 18 atom stereocenters. The first-order valence-electron chi connectivity index (χ1n) is 23.7. The Kier molecular flexibility index (Phi) is 17.5. The van der Waals surface area contributed by atoms with Crippen molar-refractivity contribution in [3.8, 4) is 5.69 Å². The van der Waals surface area contributed by atoms with Gasteiger partial charge in [-0.25, -0.2) is 0 Å². The Hall–Kier alpha value is -2.76. The molecular formula is C50H81N3O11. The van der Waals surface area contributed by atoms with Crippen LogP contribution in [0.5, 0.6) is 0 Å². The van der Waals surface area contributed by atoms with Crippen LogP contribution in [-0.2, 0) is 30.2 Å². The molecule has 5 rings (SSSR count). The molecule has 0 bridgehead atoms. The van der Waals surface area contributed by atoms with Gasteiger partial charge in [0.25, 0.3) is 5.56 Å². The van der Waals surface area contributed by atoms with Crippen LogP contribution in [0.1, 0.15) is 106 Å². The highest BCUT2D eigenvalue weighted by Gasteiger charge is 2.53. The number of nitrogens with zero attached hydrogens (tertiary/aromatic N) is 3. The molecule has 0 spiro atoms. The molecule has 2 aromatic rings. The van der Waals surface area contributed by atoms with Gasteiger partial charge in [-0.2, -0.15) is 0 Å². The zero-order chi connectivity index (χ0) is 47.6. The second kappa shape index (κ2) is 21.5. The van der Waals surface area contributed by atoms with Crippen molar-refractivity contribution in [2.75, 3.05) is 27.2 Å². The number of aliphatic hydroxyl groups excluding tert-OH is 3. The second-order valence-electron chi connectivity index (χ2n) is 20.6. The lowest BCUT2D eigenvalue weighted by atomic mass is 9.69.